The van der Waals surface area contributed by atoms with Gasteiger partial charge in [-0.15, -0.1) is 0 Å². The van der Waals surface area contributed by atoms with Gasteiger partial charge in [0, 0.05) is 23.2 Å². The summed E-state index contributed by atoms with van der Waals surface area (Å²) in [6, 6.07) is 12.1. The molecular formula is C15H15Cl2N2Ru-. The fourth-order valence-corrected chi connectivity index (χ4v) is 1.68. The van der Waals surface area contributed by atoms with Crippen LogP contribution in [0.5, 0.6) is 0 Å². The molecule has 1 aromatic carbocycles. The molecule has 0 amide bonds. The molecule has 0 atom stereocenters. The van der Waals surface area contributed by atoms with Gasteiger partial charge in [0.1, 0.15) is 0 Å². The minimum absolute atomic E-state index is 0. The molecule has 0 aliphatic heterocycles. The number of nitrogens with zero attached hydrogens (tertiary/aromatic N) is 2. The molecule has 0 aliphatic carbocycles. The van der Waals surface area contributed by atoms with Crippen LogP contribution in [0.1, 0.15) is 6.92 Å². The van der Waals surface area contributed by atoms with Crippen LogP contribution in [0, 0.1) is 7.43 Å². The molecule has 2 aromatic heterocycles. The Balaban J connectivity index is 0.000000293. The van der Waals surface area contributed by atoms with Crippen molar-refractivity contribution in [1.29, 1.82) is 0 Å². The Morgan fingerprint density at radius 2 is 1.30 bits per heavy atom. The number of benzene rings is 1. The number of hydrogen-bond donors (Lipinski definition) is 0. The minimum Gasteiger partial charge on any atom is -0.358 e. The number of fused-ring (bicyclic) bond motifs is 3. The van der Waals surface area contributed by atoms with Crippen molar-refractivity contribution < 1.29 is 13.5 Å². The van der Waals surface area contributed by atoms with Crippen LogP contribution in [0.3, 0.4) is 0 Å². The standard InChI is InChI=1S/C12H8N2.C2H4.CH3.2ClH.Ru/c1-3-9-5-6-10-4-2-8-14-12(10)11(9)13-7-1;1-2;;;;/h1-8H;1H,2H3;1H3;2*1H;/q;;-1;;;+2/p-2. The molecule has 0 aliphatic rings. The van der Waals surface area contributed by atoms with Gasteiger partial charge in [0.2, 0.25) is 0 Å². The zero-order valence-corrected chi connectivity index (χ0v) is 14.5. The van der Waals surface area contributed by atoms with Gasteiger partial charge in [-0.05, 0) is 12.1 Å². The van der Waals surface area contributed by atoms with Crippen LogP contribution < -0.4 is 0 Å². The van der Waals surface area contributed by atoms with Crippen LogP contribution in [0.15, 0.2) is 48.8 Å². The first-order valence-corrected chi connectivity index (χ1v) is 11.1. The van der Waals surface area contributed by atoms with E-state index in [9.17, 15) is 0 Å². The molecule has 0 radical (unpaired) electrons. The van der Waals surface area contributed by atoms with Crippen molar-refractivity contribution in [3.05, 3.63) is 56.2 Å². The van der Waals surface area contributed by atoms with Crippen molar-refractivity contribution in [3.8, 4) is 0 Å². The van der Waals surface area contributed by atoms with Gasteiger partial charge in [-0.2, -0.15) is 0 Å². The molecular weight excluding hydrogens is 380 g/mol. The van der Waals surface area contributed by atoms with E-state index in [2.05, 4.69) is 34.2 Å². The van der Waals surface area contributed by atoms with E-state index in [1.54, 1.807) is 12.4 Å². The van der Waals surface area contributed by atoms with E-state index >= 15 is 0 Å². The zero-order valence-electron chi connectivity index (χ0n) is 11.2. The van der Waals surface area contributed by atoms with Crippen LogP contribution >= 0.6 is 19.4 Å². The van der Waals surface area contributed by atoms with E-state index in [0.717, 1.165) is 21.8 Å². The van der Waals surface area contributed by atoms with E-state index in [-0.39, 0.29) is 7.43 Å². The summed E-state index contributed by atoms with van der Waals surface area (Å²) in [5.41, 5.74) is 1.95. The monoisotopic (exact) mass is 395 g/mol. The van der Waals surface area contributed by atoms with Crippen molar-refractivity contribution in [1.82, 2.24) is 9.97 Å². The van der Waals surface area contributed by atoms with Gasteiger partial charge in [0.05, 0.1) is 11.0 Å². The van der Waals surface area contributed by atoms with Crippen LogP contribution in [0.4, 0.5) is 0 Å². The number of hydrogen-bond acceptors (Lipinski definition) is 2. The smallest absolute Gasteiger partial charge is 0.0964 e. The maximum absolute atomic E-state index is 5.32. The second-order valence-electron chi connectivity index (χ2n) is 3.62. The first kappa shape index (κ1) is 17.2. The van der Waals surface area contributed by atoms with E-state index < -0.39 is 13.5 Å². The third kappa shape index (κ3) is 4.31. The van der Waals surface area contributed by atoms with Gasteiger partial charge in [0.15, 0.2) is 0 Å². The predicted molar refractivity (Wildman–Crippen MR) is 86.9 cm³/mol. The molecule has 2 nitrogen and oxygen atoms in total. The van der Waals surface area contributed by atoms with E-state index in [4.69, 9.17) is 19.4 Å². The maximum atomic E-state index is 5.32. The van der Waals surface area contributed by atoms with E-state index in [1.807, 2.05) is 23.7 Å². The second-order valence-corrected chi connectivity index (χ2v) is 9.85. The average molecular weight is 395 g/mol. The normalized spacial score (nSPS) is 10.2. The predicted octanol–water partition coefficient (Wildman–Crippen LogP) is 4.97. The Bertz CT molecular complexity index is 670. The third-order valence-corrected chi connectivity index (χ3v) is 5.08. The van der Waals surface area contributed by atoms with Gasteiger partial charge >= 0.3 is 44.4 Å². The van der Waals surface area contributed by atoms with Crippen LogP contribution in [-0.4, -0.2) is 14.6 Å². The summed E-state index contributed by atoms with van der Waals surface area (Å²) in [6.07, 6.45) is 3.60. The molecule has 0 saturated heterocycles. The first-order chi connectivity index (χ1) is 9.22. The topological polar surface area (TPSA) is 25.8 Å². The molecule has 0 unspecified atom stereocenters. The molecule has 0 fully saturated rings. The van der Waals surface area contributed by atoms with Crippen molar-refractivity contribution in [3.63, 3.8) is 0 Å². The molecule has 5 heteroatoms. The average Bonchev–Trinajstić information content (AvgIpc) is 2.48. The molecule has 0 spiro atoms. The Kier molecular flexibility index (Phi) is 7.22. The largest absolute Gasteiger partial charge is 0.358 e. The van der Waals surface area contributed by atoms with Gasteiger partial charge in [0.25, 0.3) is 0 Å². The quantitative estimate of drug-likeness (QED) is 0.305. The number of pyridine rings is 2. The van der Waals surface area contributed by atoms with Gasteiger partial charge in [-0.3, -0.25) is 9.97 Å². The fraction of sp³-hybridized carbons (Fsp3) is 0.0667. The Labute approximate surface area is 132 Å². The van der Waals surface area contributed by atoms with Gasteiger partial charge in [-0.1, -0.05) is 24.3 Å². The number of halogens is 2. The summed E-state index contributed by atoms with van der Waals surface area (Å²) in [5.74, 6) is 0. The third-order valence-electron chi connectivity index (χ3n) is 2.50. The Morgan fingerprint density at radius 3 is 1.65 bits per heavy atom. The number of rotatable bonds is 0. The summed E-state index contributed by atoms with van der Waals surface area (Å²) in [4.78, 5) is 8.69. The summed E-state index contributed by atoms with van der Waals surface area (Å²) in [5, 5.41) is 2.28. The van der Waals surface area contributed by atoms with Crippen molar-refractivity contribution >= 4 is 45.8 Å². The molecule has 2 heterocycles. The van der Waals surface area contributed by atoms with Gasteiger partial charge in [-0.25, -0.2) is 0 Å². The second kappa shape index (κ2) is 8.41. The SMILES string of the molecule is C[CH]=[Ru]([Cl])[Cl].[CH3-].c1cnc2c(c1)ccc1cccnc12. The number of aromatic nitrogens is 2. The van der Waals surface area contributed by atoms with E-state index in [1.165, 1.54) is 0 Å². The summed E-state index contributed by atoms with van der Waals surface area (Å²) in [6.45, 7) is 1.87. The van der Waals surface area contributed by atoms with Crippen molar-refractivity contribution in [2.75, 3.05) is 0 Å². The van der Waals surface area contributed by atoms with Crippen LogP contribution in [0.25, 0.3) is 21.8 Å². The molecule has 3 aromatic rings. The minimum atomic E-state index is -1.36. The van der Waals surface area contributed by atoms with Crippen molar-refractivity contribution in [2.45, 2.75) is 6.92 Å². The van der Waals surface area contributed by atoms with Crippen LogP contribution in [0.2, 0.25) is 0 Å². The summed E-state index contributed by atoms with van der Waals surface area (Å²) < 4.78 is 1.84. The zero-order chi connectivity index (χ0) is 13.7. The summed E-state index contributed by atoms with van der Waals surface area (Å²) >= 11 is -1.36. The van der Waals surface area contributed by atoms with Gasteiger partial charge < -0.3 is 7.43 Å². The molecule has 0 bridgehead atoms. The Hall–Kier alpha value is -0.887. The molecule has 108 valence electrons. The maximum Gasteiger partial charge on any atom is 0.0964 e. The molecule has 3 rings (SSSR count). The Morgan fingerprint density at radius 1 is 0.900 bits per heavy atom. The van der Waals surface area contributed by atoms with E-state index in [0.29, 0.717) is 0 Å². The van der Waals surface area contributed by atoms with Crippen LogP contribution in [-0.2, 0) is 13.5 Å². The fourth-order valence-electron chi connectivity index (χ4n) is 1.68. The van der Waals surface area contributed by atoms with Crippen molar-refractivity contribution in [2.24, 2.45) is 0 Å². The first-order valence-electron chi connectivity index (χ1n) is 5.58. The molecule has 0 saturated carbocycles. The molecule has 0 N–H and O–H groups in total. The summed E-state index contributed by atoms with van der Waals surface area (Å²) in [7, 11) is 10.6. The molecule has 20 heavy (non-hydrogen) atoms.